The highest BCUT2D eigenvalue weighted by molar-refractivity contribution is 6.99. The summed E-state index contributed by atoms with van der Waals surface area (Å²) < 4.78 is 29.7. The van der Waals surface area contributed by atoms with Crippen molar-refractivity contribution in [1.82, 2.24) is 0 Å². The molecule has 1 saturated heterocycles. The molecule has 0 unspecified atom stereocenters. The largest absolute Gasteiger partial charge is 0.402 e. The molecule has 0 spiro atoms. The van der Waals surface area contributed by atoms with Crippen LogP contribution in [0.25, 0.3) is 0 Å². The Labute approximate surface area is 205 Å². The van der Waals surface area contributed by atoms with Crippen LogP contribution in [0.5, 0.6) is 0 Å². The van der Waals surface area contributed by atoms with Gasteiger partial charge in [-0.25, -0.2) is 0 Å². The molecule has 1 heterocycles. The number of aliphatic hydroxyl groups is 1. The fourth-order valence-corrected chi connectivity index (χ4v) is 9.67. The van der Waals surface area contributed by atoms with Crippen LogP contribution in [0.15, 0.2) is 60.7 Å². The van der Waals surface area contributed by atoms with E-state index in [0.29, 0.717) is 13.2 Å². The molecule has 188 valence electrons. The molecule has 7 heteroatoms. The molecule has 1 aliphatic heterocycles. The van der Waals surface area contributed by atoms with Crippen LogP contribution in [-0.4, -0.2) is 64.6 Å². The molecule has 2 aromatic carbocycles. The van der Waals surface area contributed by atoms with E-state index < -0.39 is 32.4 Å². The molecule has 34 heavy (non-hydrogen) atoms. The maximum absolute atomic E-state index is 11.6. The molecule has 0 aliphatic carbocycles. The van der Waals surface area contributed by atoms with Gasteiger partial charge in [-0.15, -0.1) is 0 Å². The van der Waals surface area contributed by atoms with Crippen molar-refractivity contribution in [1.29, 1.82) is 0 Å². The van der Waals surface area contributed by atoms with Gasteiger partial charge in [0.25, 0.3) is 8.32 Å². The Balaban J connectivity index is 2.03. The molecular weight excluding hydrogens is 448 g/mol. The number of benzene rings is 2. The van der Waals surface area contributed by atoms with Crippen molar-refractivity contribution in [3.05, 3.63) is 60.7 Å². The molecule has 3 rings (SSSR count). The standard InChI is InChI=1S/C27H40O6Si/c1-21(25(32-20-29-6)27(5,28)19-24-30-17-18-31-24)33-34(26(2,3)4,22-13-9-7-10-14-22)23-15-11-8-12-16-23/h7-16,21,24-25,28H,17-20H2,1-6H3/t21-,25-,27+/m0/s1. The van der Waals surface area contributed by atoms with Crippen LogP contribution < -0.4 is 10.4 Å². The van der Waals surface area contributed by atoms with Gasteiger partial charge in [-0.1, -0.05) is 81.4 Å². The van der Waals surface area contributed by atoms with Crippen LogP contribution in [0, 0.1) is 0 Å². The van der Waals surface area contributed by atoms with Crippen LogP contribution in [-0.2, 0) is 23.4 Å². The summed E-state index contributed by atoms with van der Waals surface area (Å²) in [4.78, 5) is 0. The average Bonchev–Trinajstić information content (AvgIpc) is 3.30. The number of ether oxygens (including phenoxy) is 4. The molecule has 6 nitrogen and oxygen atoms in total. The van der Waals surface area contributed by atoms with Gasteiger partial charge in [0.05, 0.1) is 24.9 Å². The molecule has 0 radical (unpaired) electrons. The lowest BCUT2D eigenvalue weighted by Crippen LogP contribution is -2.69. The highest BCUT2D eigenvalue weighted by Crippen LogP contribution is 2.39. The fourth-order valence-electron chi connectivity index (χ4n) is 4.97. The zero-order valence-corrected chi connectivity index (χ0v) is 22.3. The third kappa shape index (κ3) is 5.97. The lowest BCUT2D eigenvalue weighted by molar-refractivity contribution is -0.200. The third-order valence-electron chi connectivity index (χ3n) is 6.45. The summed E-state index contributed by atoms with van der Waals surface area (Å²) in [6, 6.07) is 20.9. The number of rotatable bonds is 11. The van der Waals surface area contributed by atoms with E-state index in [1.54, 1.807) is 14.0 Å². The van der Waals surface area contributed by atoms with E-state index in [0.717, 1.165) is 0 Å². The minimum Gasteiger partial charge on any atom is -0.402 e. The van der Waals surface area contributed by atoms with E-state index in [9.17, 15) is 5.11 Å². The first-order chi connectivity index (χ1) is 16.1. The summed E-state index contributed by atoms with van der Waals surface area (Å²) in [5.74, 6) is 0. The van der Waals surface area contributed by atoms with Gasteiger partial charge in [0.1, 0.15) is 12.9 Å². The minimum absolute atomic E-state index is 0.0433. The molecular formula is C27H40O6Si. The SMILES string of the molecule is COCO[C@@H]([C@H](C)O[Si](c1ccccc1)(c1ccccc1)C(C)(C)C)[C@](C)(O)CC1OCCO1. The van der Waals surface area contributed by atoms with Crippen molar-refractivity contribution >= 4 is 18.7 Å². The second kappa shape index (κ2) is 11.4. The molecule has 0 amide bonds. The van der Waals surface area contributed by atoms with Gasteiger partial charge < -0.3 is 28.5 Å². The smallest absolute Gasteiger partial charge is 0.261 e. The predicted octanol–water partition coefficient (Wildman–Crippen LogP) is 3.45. The average molecular weight is 489 g/mol. The Bertz CT molecular complexity index is 822. The van der Waals surface area contributed by atoms with Crippen molar-refractivity contribution in [2.45, 2.75) is 70.2 Å². The summed E-state index contributed by atoms with van der Waals surface area (Å²) in [6.45, 7) is 11.5. The second-order valence-corrected chi connectivity index (χ2v) is 14.5. The maximum atomic E-state index is 11.6. The van der Waals surface area contributed by atoms with Crippen LogP contribution in [0.2, 0.25) is 5.04 Å². The molecule has 0 bridgehead atoms. The van der Waals surface area contributed by atoms with Gasteiger partial charge in [-0.05, 0) is 29.3 Å². The monoisotopic (exact) mass is 488 g/mol. The highest BCUT2D eigenvalue weighted by Gasteiger charge is 2.53. The maximum Gasteiger partial charge on any atom is 0.261 e. The number of methoxy groups -OCH3 is 1. The van der Waals surface area contributed by atoms with E-state index in [2.05, 4.69) is 69.3 Å². The van der Waals surface area contributed by atoms with Gasteiger partial charge in [-0.2, -0.15) is 0 Å². The van der Waals surface area contributed by atoms with Crippen LogP contribution >= 0.6 is 0 Å². The van der Waals surface area contributed by atoms with Gasteiger partial charge in [-0.3, -0.25) is 0 Å². The normalized spacial score (nSPS) is 19.0. The summed E-state index contributed by atoms with van der Waals surface area (Å²) in [5.41, 5.74) is -1.27. The first-order valence-electron chi connectivity index (χ1n) is 12.0. The topological polar surface area (TPSA) is 66.4 Å². The number of hydrogen-bond acceptors (Lipinski definition) is 6. The molecule has 2 aromatic rings. The predicted molar refractivity (Wildman–Crippen MR) is 136 cm³/mol. The van der Waals surface area contributed by atoms with E-state index in [1.807, 2.05) is 19.1 Å². The van der Waals surface area contributed by atoms with E-state index in [-0.39, 0.29) is 18.3 Å². The molecule has 1 aliphatic rings. The van der Waals surface area contributed by atoms with Crippen molar-refractivity contribution in [2.24, 2.45) is 0 Å². The van der Waals surface area contributed by atoms with Crippen LogP contribution in [0.4, 0.5) is 0 Å². The summed E-state index contributed by atoms with van der Waals surface area (Å²) in [5, 5.41) is 13.7. The molecule has 1 fully saturated rings. The summed E-state index contributed by atoms with van der Waals surface area (Å²) in [7, 11) is -1.26. The molecule has 0 aromatic heterocycles. The van der Waals surface area contributed by atoms with E-state index in [4.69, 9.17) is 23.4 Å². The fraction of sp³-hybridized carbons (Fsp3) is 0.556. The third-order valence-corrected chi connectivity index (χ3v) is 11.6. The van der Waals surface area contributed by atoms with Gasteiger partial charge >= 0.3 is 0 Å². The Morgan fingerprint density at radius 3 is 1.88 bits per heavy atom. The zero-order chi connectivity index (χ0) is 24.8. The highest BCUT2D eigenvalue weighted by atomic mass is 28.4. The summed E-state index contributed by atoms with van der Waals surface area (Å²) >= 11 is 0. The first-order valence-corrected chi connectivity index (χ1v) is 13.9. The van der Waals surface area contributed by atoms with Crippen molar-refractivity contribution in [3.8, 4) is 0 Å². The Kier molecular flexibility index (Phi) is 9.08. The number of hydrogen-bond donors (Lipinski definition) is 1. The van der Waals surface area contributed by atoms with Crippen LogP contribution in [0.3, 0.4) is 0 Å². The molecule has 3 atom stereocenters. The lowest BCUT2D eigenvalue weighted by atomic mass is 9.91. The lowest BCUT2D eigenvalue weighted by Gasteiger charge is -2.47. The van der Waals surface area contributed by atoms with Gasteiger partial charge in [0.15, 0.2) is 6.29 Å². The van der Waals surface area contributed by atoms with Gasteiger partial charge in [0, 0.05) is 13.5 Å². The van der Waals surface area contributed by atoms with E-state index >= 15 is 0 Å². The Morgan fingerprint density at radius 2 is 1.44 bits per heavy atom. The van der Waals surface area contributed by atoms with Crippen molar-refractivity contribution < 1.29 is 28.5 Å². The van der Waals surface area contributed by atoms with Crippen LogP contribution in [0.1, 0.15) is 41.0 Å². The van der Waals surface area contributed by atoms with Gasteiger partial charge in [0.2, 0.25) is 0 Å². The molecule has 0 saturated carbocycles. The zero-order valence-electron chi connectivity index (χ0n) is 21.3. The Hall–Kier alpha value is -1.58. The summed E-state index contributed by atoms with van der Waals surface area (Å²) in [6.07, 6.45) is -1.31. The van der Waals surface area contributed by atoms with Crippen molar-refractivity contribution in [2.75, 3.05) is 27.1 Å². The second-order valence-electron chi connectivity index (χ2n) is 10.2. The minimum atomic E-state index is -2.83. The van der Waals surface area contributed by atoms with Crippen molar-refractivity contribution in [3.63, 3.8) is 0 Å². The quantitative estimate of drug-likeness (QED) is 0.386. The van der Waals surface area contributed by atoms with E-state index in [1.165, 1.54) is 10.4 Å². The first kappa shape index (κ1) is 27.0. The Morgan fingerprint density at radius 1 is 0.941 bits per heavy atom. The molecule has 1 N–H and O–H groups in total.